The Morgan fingerprint density at radius 3 is 2.48 bits per heavy atom. The molecule has 1 aromatic heterocycles. The molecule has 0 unspecified atom stereocenters. The number of nitrogens with zero attached hydrogens (tertiary/aromatic N) is 2. The van der Waals surface area contributed by atoms with Crippen LogP contribution in [0.1, 0.15) is 58.8 Å². The molecule has 1 spiro atoms. The molecule has 2 saturated carbocycles. The summed E-state index contributed by atoms with van der Waals surface area (Å²) in [6.07, 6.45) is -1.74. The van der Waals surface area contributed by atoms with E-state index in [4.69, 9.17) is 9.26 Å². The molecule has 2 aliphatic carbocycles. The van der Waals surface area contributed by atoms with E-state index in [1.807, 2.05) is 6.07 Å². The van der Waals surface area contributed by atoms with Crippen molar-refractivity contribution in [2.24, 2.45) is 0 Å². The highest BCUT2D eigenvalue weighted by atomic mass is 19.4. The van der Waals surface area contributed by atoms with E-state index in [2.05, 4.69) is 9.89 Å². The second-order valence-corrected chi connectivity index (χ2v) is 10.7. The first-order valence-electron chi connectivity index (χ1n) is 13.4. The second-order valence-electron chi connectivity index (χ2n) is 10.7. The van der Waals surface area contributed by atoms with E-state index < -0.39 is 17.7 Å². The molecule has 7 rings (SSSR count). The number of halogens is 3. The van der Waals surface area contributed by atoms with Gasteiger partial charge in [-0.05, 0) is 85.8 Å². The molecule has 42 heavy (non-hydrogen) atoms. The van der Waals surface area contributed by atoms with Gasteiger partial charge in [-0.2, -0.15) is 0 Å². The molecule has 0 saturated heterocycles. The predicted octanol–water partition coefficient (Wildman–Crippen LogP) is 7.10. The Labute approximate surface area is 237 Å². The normalized spacial score (nSPS) is 16.9. The quantitative estimate of drug-likeness (QED) is 0.239. The largest absolute Gasteiger partial charge is 0.573 e. The van der Waals surface area contributed by atoms with Gasteiger partial charge >= 0.3 is 12.3 Å². The van der Waals surface area contributed by atoms with Crippen molar-refractivity contribution in [1.29, 1.82) is 0 Å². The molecule has 0 atom stereocenters. The SMILES string of the molecule is O=C(O)c1ccc(N2C(=O)C3(CC3)c3cc(OCc4c(-c5ccccc5OC(F)(F)F)noc4C4CC4)ccc32)cc1. The summed E-state index contributed by atoms with van der Waals surface area (Å²) in [5, 5.41) is 13.4. The van der Waals surface area contributed by atoms with Gasteiger partial charge in [-0.25, -0.2) is 4.79 Å². The van der Waals surface area contributed by atoms with Gasteiger partial charge in [0, 0.05) is 17.2 Å². The molecule has 214 valence electrons. The third-order valence-corrected chi connectivity index (χ3v) is 7.98. The number of benzene rings is 3. The van der Waals surface area contributed by atoms with Gasteiger partial charge in [0.1, 0.15) is 29.6 Å². The van der Waals surface area contributed by atoms with Crippen molar-refractivity contribution in [2.75, 3.05) is 4.90 Å². The molecule has 2 fully saturated rings. The Morgan fingerprint density at radius 1 is 1.07 bits per heavy atom. The molecule has 3 aromatic carbocycles. The summed E-state index contributed by atoms with van der Waals surface area (Å²) in [6, 6.07) is 17.3. The van der Waals surface area contributed by atoms with Crippen LogP contribution in [0, 0.1) is 0 Å². The Morgan fingerprint density at radius 2 is 1.81 bits per heavy atom. The lowest BCUT2D eigenvalue weighted by Crippen LogP contribution is -2.27. The number of carbonyl (C=O) groups is 2. The number of rotatable bonds is 8. The highest BCUT2D eigenvalue weighted by Crippen LogP contribution is 2.59. The number of hydrogen-bond donors (Lipinski definition) is 1. The van der Waals surface area contributed by atoms with Crippen LogP contribution < -0.4 is 14.4 Å². The number of aromatic carboxylic acids is 1. The fourth-order valence-electron chi connectivity index (χ4n) is 5.61. The van der Waals surface area contributed by atoms with Crippen LogP contribution in [0.3, 0.4) is 0 Å². The number of carboxylic acids is 1. The minimum atomic E-state index is -4.87. The van der Waals surface area contributed by atoms with Gasteiger partial charge in [0.2, 0.25) is 5.91 Å². The van der Waals surface area contributed by atoms with Crippen LogP contribution in [-0.2, 0) is 16.8 Å². The van der Waals surface area contributed by atoms with Crippen molar-refractivity contribution < 1.29 is 41.9 Å². The molecule has 1 amide bonds. The molecule has 3 aliphatic rings. The van der Waals surface area contributed by atoms with Crippen LogP contribution in [-0.4, -0.2) is 28.5 Å². The van der Waals surface area contributed by atoms with E-state index in [1.165, 1.54) is 30.3 Å². The van der Waals surface area contributed by atoms with Gasteiger partial charge in [0.25, 0.3) is 0 Å². The number of aromatic nitrogens is 1. The van der Waals surface area contributed by atoms with Crippen LogP contribution in [0.4, 0.5) is 24.5 Å². The zero-order valence-electron chi connectivity index (χ0n) is 22.0. The average molecular weight is 577 g/mol. The third kappa shape index (κ3) is 4.45. The van der Waals surface area contributed by atoms with E-state index in [0.29, 0.717) is 41.3 Å². The summed E-state index contributed by atoms with van der Waals surface area (Å²) in [4.78, 5) is 26.4. The lowest BCUT2D eigenvalue weighted by atomic mass is 9.98. The number of anilines is 2. The first kappa shape index (κ1) is 26.1. The minimum absolute atomic E-state index is 0.00881. The number of alkyl halides is 3. The van der Waals surface area contributed by atoms with Crippen LogP contribution in [0.5, 0.6) is 11.5 Å². The van der Waals surface area contributed by atoms with Crippen molar-refractivity contribution in [3.8, 4) is 22.8 Å². The van der Waals surface area contributed by atoms with E-state index in [-0.39, 0.29) is 41.0 Å². The number of carboxylic acid groups (broad SMARTS) is 1. The lowest BCUT2D eigenvalue weighted by Gasteiger charge is -2.18. The van der Waals surface area contributed by atoms with E-state index in [0.717, 1.165) is 18.4 Å². The Bertz CT molecular complexity index is 1720. The van der Waals surface area contributed by atoms with Crippen LogP contribution >= 0.6 is 0 Å². The van der Waals surface area contributed by atoms with Crippen molar-refractivity contribution in [3.05, 3.63) is 89.2 Å². The van der Waals surface area contributed by atoms with E-state index in [9.17, 15) is 27.9 Å². The number of amides is 1. The standard InChI is InChI=1S/C31H23F3N2O6/c32-31(33,34)41-25-4-2-1-3-21(25)26-22(27(42-35-26)17-5-6-17)16-40-20-11-12-24-23(15-20)30(13-14-30)29(39)36(24)19-9-7-18(8-10-19)28(37)38/h1-4,7-12,15,17H,5-6,13-14,16H2,(H,37,38). The Hall–Kier alpha value is -4.80. The number of carbonyl (C=O) groups excluding carboxylic acids is 1. The number of ether oxygens (including phenoxy) is 2. The maximum absolute atomic E-state index is 13.5. The van der Waals surface area contributed by atoms with Crippen LogP contribution in [0.25, 0.3) is 11.3 Å². The van der Waals surface area contributed by atoms with Crippen LogP contribution in [0.2, 0.25) is 0 Å². The molecule has 4 aromatic rings. The van der Waals surface area contributed by atoms with Crippen molar-refractivity contribution in [2.45, 2.75) is 50.0 Å². The molecule has 0 radical (unpaired) electrons. The third-order valence-electron chi connectivity index (χ3n) is 7.98. The molecule has 11 heteroatoms. The second kappa shape index (κ2) is 9.37. The zero-order valence-corrected chi connectivity index (χ0v) is 22.0. The smallest absolute Gasteiger partial charge is 0.489 e. The maximum atomic E-state index is 13.5. The highest BCUT2D eigenvalue weighted by molar-refractivity contribution is 6.14. The van der Waals surface area contributed by atoms with Gasteiger partial charge in [0.15, 0.2) is 0 Å². The van der Waals surface area contributed by atoms with Crippen molar-refractivity contribution >= 4 is 23.3 Å². The summed E-state index contributed by atoms with van der Waals surface area (Å²) < 4.78 is 55.3. The summed E-state index contributed by atoms with van der Waals surface area (Å²) in [5.41, 5.74) is 2.49. The molecular weight excluding hydrogens is 553 g/mol. The summed E-state index contributed by atoms with van der Waals surface area (Å²) >= 11 is 0. The lowest BCUT2D eigenvalue weighted by molar-refractivity contribution is -0.274. The fourth-order valence-corrected chi connectivity index (χ4v) is 5.61. The van der Waals surface area contributed by atoms with Crippen LogP contribution in [0.15, 0.2) is 71.3 Å². The topological polar surface area (TPSA) is 102 Å². The van der Waals surface area contributed by atoms with Gasteiger partial charge in [-0.1, -0.05) is 17.3 Å². The maximum Gasteiger partial charge on any atom is 0.573 e. The van der Waals surface area contributed by atoms with E-state index >= 15 is 0 Å². The summed E-state index contributed by atoms with van der Waals surface area (Å²) in [5.74, 6) is -0.315. The predicted molar refractivity (Wildman–Crippen MR) is 143 cm³/mol. The molecular formula is C31H23F3N2O6. The van der Waals surface area contributed by atoms with Gasteiger partial charge in [-0.3, -0.25) is 9.69 Å². The van der Waals surface area contributed by atoms with Crippen molar-refractivity contribution in [1.82, 2.24) is 5.16 Å². The first-order chi connectivity index (χ1) is 20.1. The average Bonchev–Trinajstić information content (AvgIpc) is 3.89. The number of hydrogen-bond acceptors (Lipinski definition) is 6. The van der Waals surface area contributed by atoms with Gasteiger partial charge in [0.05, 0.1) is 22.2 Å². The monoisotopic (exact) mass is 576 g/mol. The van der Waals surface area contributed by atoms with Gasteiger partial charge < -0.3 is 19.1 Å². The highest BCUT2D eigenvalue weighted by Gasteiger charge is 2.59. The Kier molecular flexibility index (Phi) is 5.83. The molecule has 1 N–H and O–H groups in total. The molecule has 1 aliphatic heterocycles. The number of para-hydroxylation sites is 1. The molecule has 8 nitrogen and oxygen atoms in total. The minimum Gasteiger partial charge on any atom is -0.489 e. The van der Waals surface area contributed by atoms with E-state index in [1.54, 1.807) is 35.2 Å². The fraction of sp³-hybridized carbons (Fsp3) is 0.258. The molecule has 2 heterocycles. The first-order valence-corrected chi connectivity index (χ1v) is 13.4. The summed E-state index contributed by atoms with van der Waals surface area (Å²) in [6.45, 7) is -0.00881. The number of fused-ring (bicyclic) bond motifs is 2. The van der Waals surface area contributed by atoms with Gasteiger partial charge in [-0.15, -0.1) is 13.2 Å². The summed E-state index contributed by atoms with van der Waals surface area (Å²) in [7, 11) is 0. The zero-order chi connectivity index (χ0) is 29.2. The molecule has 0 bridgehead atoms. The van der Waals surface area contributed by atoms with Crippen molar-refractivity contribution in [3.63, 3.8) is 0 Å². The Balaban J connectivity index is 1.19.